The van der Waals surface area contributed by atoms with Crippen LogP contribution in [0.1, 0.15) is 20.3 Å². The molecule has 0 spiro atoms. The lowest BCUT2D eigenvalue weighted by Gasteiger charge is -2.13. The Morgan fingerprint density at radius 3 is 2.55 bits per heavy atom. The maximum atomic E-state index is 12.1. The third-order valence-electron chi connectivity index (χ3n) is 4.09. The van der Waals surface area contributed by atoms with Crippen LogP contribution in [0.15, 0.2) is 42.5 Å². The van der Waals surface area contributed by atoms with Gasteiger partial charge in [0, 0.05) is 5.69 Å². The van der Waals surface area contributed by atoms with Crippen molar-refractivity contribution < 1.29 is 14.3 Å². The summed E-state index contributed by atoms with van der Waals surface area (Å²) in [6.45, 7) is 3.60. The summed E-state index contributed by atoms with van der Waals surface area (Å²) >= 11 is 0. The zero-order valence-corrected chi connectivity index (χ0v) is 12.7. The Morgan fingerprint density at radius 2 is 1.86 bits per heavy atom. The highest BCUT2D eigenvalue weighted by atomic mass is 16.5. The van der Waals surface area contributed by atoms with Crippen molar-refractivity contribution in [3.05, 3.63) is 42.5 Å². The summed E-state index contributed by atoms with van der Waals surface area (Å²) in [6.07, 6.45) is 0.0736. The quantitative estimate of drug-likeness (QED) is 0.880. The standard InChI is InChI=1S/C18H19NO3/c1-11-9-16(11)18(21)22-12(2)17(20)19-15-8-7-13-5-3-4-6-14(13)10-15/h3-8,10-12,16H,9H2,1-2H3,(H,19,20)/t11-,12-,16-/m0/s1. The average molecular weight is 297 g/mol. The molecule has 4 heteroatoms. The van der Waals surface area contributed by atoms with Crippen LogP contribution in [0.2, 0.25) is 0 Å². The van der Waals surface area contributed by atoms with Crippen molar-refractivity contribution in [3.63, 3.8) is 0 Å². The molecule has 114 valence electrons. The smallest absolute Gasteiger partial charge is 0.309 e. The van der Waals surface area contributed by atoms with Gasteiger partial charge in [-0.05, 0) is 42.2 Å². The van der Waals surface area contributed by atoms with Crippen LogP contribution in [0, 0.1) is 11.8 Å². The van der Waals surface area contributed by atoms with Gasteiger partial charge >= 0.3 is 5.97 Å². The summed E-state index contributed by atoms with van der Waals surface area (Å²) in [4.78, 5) is 23.9. The van der Waals surface area contributed by atoms with Crippen molar-refractivity contribution in [1.29, 1.82) is 0 Å². The monoisotopic (exact) mass is 297 g/mol. The van der Waals surface area contributed by atoms with Gasteiger partial charge < -0.3 is 10.1 Å². The number of ether oxygens (including phenoxy) is 1. The molecule has 1 amide bonds. The molecule has 1 N–H and O–H groups in total. The van der Waals surface area contributed by atoms with Gasteiger partial charge in [-0.3, -0.25) is 9.59 Å². The Morgan fingerprint density at radius 1 is 1.18 bits per heavy atom. The van der Waals surface area contributed by atoms with E-state index in [-0.39, 0.29) is 17.8 Å². The fourth-order valence-corrected chi connectivity index (χ4v) is 2.48. The summed E-state index contributed by atoms with van der Waals surface area (Å²) in [5, 5.41) is 4.96. The number of nitrogens with one attached hydrogen (secondary N) is 1. The van der Waals surface area contributed by atoms with Crippen molar-refractivity contribution >= 4 is 28.3 Å². The Kier molecular flexibility index (Phi) is 3.84. The van der Waals surface area contributed by atoms with Gasteiger partial charge in [-0.1, -0.05) is 37.3 Å². The molecule has 0 bridgehead atoms. The van der Waals surface area contributed by atoms with E-state index in [1.807, 2.05) is 49.4 Å². The SMILES string of the molecule is C[C@H](OC(=O)[C@H]1C[C@@H]1C)C(=O)Nc1ccc2ccccc2c1. The second-order valence-electron chi connectivity index (χ2n) is 5.95. The van der Waals surface area contributed by atoms with Gasteiger partial charge in [0.2, 0.25) is 0 Å². The van der Waals surface area contributed by atoms with Gasteiger partial charge in [0.1, 0.15) is 0 Å². The van der Waals surface area contributed by atoms with E-state index < -0.39 is 6.10 Å². The molecular weight excluding hydrogens is 278 g/mol. The summed E-state index contributed by atoms with van der Waals surface area (Å²) in [5.74, 6) is -0.232. The first kappa shape index (κ1) is 14.6. The van der Waals surface area contributed by atoms with Gasteiger partial charge in [0.15, 0.2) is 6.10 Å². The number of esters is 1. The van der Waals surface area contributed by atoms with Crippen LogP contribution < -0.4 is 5.32 Å². The minimum atomic E-state index is -0.785. The Hall–Kier alpha value is -2.36. The number of rotatable bonds is 4. The van der Waals surface area contributed by atoms with Crippen molar-refractivity contribution in [2.45, 2.75) is 26.4 Å². The lowest BCUT2D eigenvalue weighted by molar-refractivity contribution is -0.154. The first-order valence-electron chi connectivity index (χ1n) is 7.55. The molecule has 3 rings (SSSR count). The maximum absolute atomic E-state index is 12.1. The Bertz CT molecular complexity index is 725. The van der Waals surface area contributed by atoms with Crippen LogP contribution in [0.3, 0.4) is 0 Å². The van der Waals surface area contributed by atoms with Gasteiger partial charge in [-0.2, -0.15) is 0 Å². The zero-order valence-electron chi connectivity index (χ0n) is 12.7. The number of fused-ring (bicyclic) bond motifs is 1. The minimum absolute atomic E-state index is 0.0316. The molecule has 0 radical (unpaired) electrons. The topological polar surface area (TPSA) is 55.4 Å². The third-order valence-corrected chi connectivity index (χ3v) is 4.09. The number of hydrogen-bond acceptors (Lipinski definition) is 3. The first-order valence-corrected chi connectivity index (χ1v) is 7.55. The highest BCUT2D eigenvalue weighted by Crippen LogP contribution is 2.38. The molecule has 2 aromatic carbocycles. The van der Waals surface area contributed by atoms with E-state index in [1.165, 1.54) is 0 Å². The molecule has 2 aromatic rings. The Labute approximate surface area is 129 Å². The average Bonchev–Trinajstić information content (AvgIpc) is 3.24. The van der Waals surface area contributed by atoms with E-state index in [4.69, 9.17) is 4.74 Å². The highest BCUT2D eigenvalue weighted by molar-refractivity contribution is 5.97. The number of carbonyl (C=O) groups is 2. The molecular formula is C18H19NO3. The van der Waals surface area contributed by atoms with Crippen LogP contribution in [-0.4, -0.2) is 18.0 Å². The van der Waals surface area contributed by atoms with Gasteiger partial charge in [0.05, 0.1) is 5.92 Å². The molecule has 1 aliphatic rings. The molecule has 0 saturated heterocycles. The molecule has 0 aromatic heterocycles. The van der Waals surface area contributed by atoms with Gasteiger partial charge in [0.25, 0.3) is 5.91 Å². The lowest BCUT2D eigenvalue weighted by atomic mass is 10.1. The van der Waals surface area contributed by atoms with E-state index in [9.17, 15) is 9.59 Å². The molecule has 1 saturated carbocycles. The van der Waals surface area contributed by atoms with Crippen LogP contribution in [0.5, 0.6) is 0 Å². The molecule has 0 aliphatic heterocycles. The van der Waals surface area contributed by atoms with Gasteiger partial charge in [-0.25, -0.2) is 0 Å². The largest absolute Gasteiger partial charge is 0.452 e. The predicted molar refractivity (Wildman–Crippen MR) is 85.4 cm³/mol. The molecule has 0 unspecified atom stereocenters. The van der Waals surface area contributed by atoms with Crippen LogP contribution in [-0.2, 0) is 14.3 Å². The maximum Gasteiger partial charge on any atom is 0.309 e. The third kappa shape index (κ3) is 3.11. The second-order valence-corrected chi connectivity index (χ2v) is 5.95. The number of hydrogen-bond donors (Lipinski definition) is 1. The minimum Gasteiger partial charge on any atom is -0.452 e. The van der Waals surface area contributed by atoms with Crippen molar-refractivity contribution in [1.82, 2.24) is 0 Å². The van der Waals surface area contributed by atoms with Crippen LogP contribution in [0.25, 0.3) is 10.8 Å². The molecule has 0 heterocycles. The Balaban J connectivity index is 1.63. The number of carbonyl (C=O) groups excluding carboxylic acids is 2. The predicted octanol–water partition coefficient (Wildman–Crippen LogP) is 3.37. The van der Waals surface area contributed by atoms with Crippen molar-refractivity contribution in [2.75, 3.05) is 5.32 Å². The summed E-state index contributed by atoms with van der Waals surface area (Å²) in [6, 6.07) is 13.6. The number of amides is 1. The van der Waals surface area contributed by atoms with E-state index in [1.54, 1.807) is 6.92 Å². The molecule has 4 nitrogen and oxygen atoms in total. The summed E-state index contributed by atoms with van der Waals surface area (Å²) in [5.41, 5.74) is 0.700. The normalized spacial score (nSPS) is 21.2. The molecule has 1 aliphatic carbocycles. The fourth-order valence-electron chi connectivity index (χ4n) is 2.48. The van der Waals surface area contributed by atoms with Crippen LogP contribution in [0.4, 0.5) is 5.69 Å². The first-order chi connectivity index (χ1) is 10.5. The molecule has 22 heavy (non-hydrogen) atoms. The van der Waals surface area contributed by atoms with Crippen molar-refractivity contribution in [2.24, 2.45) is 11.8 Å². The summed E-state index contributed by atoms with van der Waals surface area (Å²) < 4.78 is 5.22. The van der Waals surface area contributed by atoms with E-state index in [0.717, 1.165) is 17.2 Å². The van der Waals surface area contributed by atoms with E-state index in [2.05, 4.69) is 5.32 Å². The zero-order chi connectivity index (χ0) is 15.7. The van der Waals surface area contributed by atoms with Crippen LogP contribution >= 0.6 is 0 Å². The fraction of sp³-hybridized carbons (Fsp3) is 0.333. The van der Waals surface area contributed by atoms with Gasteiger partial charge in [-0.15, -0.1) is 0 Å². The second kappa shape index (κ2) is 5.79. The summed E-state index contributed by atoms with van der Waals surface area (Å²) in [7, 11) is 0. The number of benzene rings is 2. The molecule has 1 fully saturated rings. The van der Waals surface area contributed by atoms with E-state index in [0.29, 0.717) is 11.6 Å². The lowest BCUT2D eigenvalue weighted by Crippen LogP contribution is -2.30. The van der Waals surface area contributed by atoms with Crippen molar-refractivity contribution in [3.8, 4) is 0 Å². The van der Waals surface area contributed by atoms with E-state index >= 15 is 0 Å². The molecule has 3 atom stereocenters. The number of anilines is 1. The highest BCUT2D eigenvalue weighted by Gasteiger charge is 2.41.